The molecule has 3 aromatic rings. The van der Waals surface area contributed by atoms with Gasteiger partial charge in [-0.15, -0.1) is 0 Å². The van der Waals surface area contributed by atoms with Crippen molar-refractivity contribution in [1.82, 2.24) is 9.78 Å². The molecule has 0 saturated heterocycles. The number of halogens is 2. The number of aromatic nitrogens is 2. The van der Waals surface area contributed by atoms with Crippen LogP contribution in [0.5, 0.6) is 0 Å². The molecule has 0 atom stereocenters. The molecular weight excluding hydrogens is 864 g/mol. The van der Waals surface area contributed by atoms with Crippen molar-refractivity contribution in [3.8, 4) is 5.69 Å². The monoisotopic (exact) mass is 884 g/mol. The van der Waals surface area contributed by atoms with E-state index in [4.69, 9.17) is 0 Å². The summed E-state index contributed by atoms with van der Waals surface area (Å²) in [6.45, 7) is 3.37. The normalized spacial score (nSPS) is 14.9. The van der Waals surface area contributed by atoms with Crippen LogP contribution in [0.2, 0.25) is 0 Å². The Morgan fingerprint density at radius 2 is 1.31 bits per heavy atom. The van der Waals surface area contributed by atoms with Gasteiger partial charge >= 0.3 is 59.1 Å². The van der Waals surface area contributed by atoms with Crippen LogP contribution in [0.4, 0.5) is 5.69 Å². The number of H-pyrrole nitrogens is 1. The standard InChI is InChI=1S/C27H22I2N4O8S2.2Na/c1-16-20(26(34)32(30-16)24-12-10-18(14-22(24)28)42(36,37)38)8-6-4-3-5-7-9-21-17(2)31-33(27(21)35)25-13-11-19(15-23(25)29)43(39,40)41;;/h3-15,30H,1-2H3,(H,36,37,38)(H,39,40,41);;/q;2*+1/p-2/b4-3+,7-5+,8-6+,21-9-;;/i28-4,29-4;;. The number of benzene rings is 2. The molecule has 0 saturated carbocycles. The second-order valence-corrected chi connectivity index (χ2v) is 14.0. The Labute approximate surface area is 330 Å². The van der Waals surface area contributed by atoms with Crippen LogP contribution in [0, 0.1) is 14.1 Å². The molecule has 1 aliphatic rings. The van der Waals surface area contributed by atoms with Gasteiger partial charge in [0.25, 0.3) is 11.5 Å². The Hall–Kier alpha value is -1.17. The zero-order chi connectivity index (χ0) is 31.7. The first kappa shape index (κ1) is 40.0. The maximum atomic E-state index is 13.0. The zero-order valence-corrected chi connectivity index (χ0v) is 34.1. The van der Waals surface area contributed by atoms with E-state index in [9.17, 15) is 35.5 Å². The molecule has 0 spiro atoms. The molecule has 18 heteroatoms. The first-order valence-corrected chi connectivity index (χ1v) is 17.0. The van der Waals surface area contributed by atoms with Crippen molar-refractivity contribution in [3.05, 3.63) is 107 Å². The van der Waals surface area contributed by atoms with Gasteiger partial charge in [-0.1, -0.05) is 30.4 Å². The molecule has 45 heavy (non-hydrogen) atoms. The number of allylic oxidation sites excluding steroid dienone is 6. The first-order valence-electron chi connectivity index (χ1n) is 12.0. The van der Waals surface area contributed by atoms with E-state index in [0.717, 1.165) is 17.1 Å². The van der Waals surface area contributed by atoms with Crippen LogP contribution in [0.1, 0.15) is 18.2 Å². The summed E-state index contributed by atoms with van der Waals surface area (Å²) in [5, 5.41) is 8.34. The minimum absolute atomic E-state index is 0. The molecular formula is C27H20I2N4Na2O8S2. The fourth-order valence-electron chi connectivity index (χ4n) is 3.93. The third-order valence-corrected chi connectivity index (χ3v) is 9.43. The maximum absolute atomic E-state index is 13.0. The number of aromatic amines is 1. The average molecular weight is 884 g/mol. The number of rotatable bonds is 8. The third-order valence-electron chi connectivity index (χ3n) is 6.03. The van der Waals surface area contributed by atoms with Gasteiger partial charge in [-0.2, -0.15) is 10.1 Å². The van der Waals surface area contributed by atoms with E-state index >= 15 is 0 Å². The van der Waals surface area contributed by atoms with Gasteiger partial charge in [0.1, 0.15) is 20.2 Å². The number of anilines is 1. The molecule has 12 nitrogen and oxygen atoms in total. The van der Waals surface area contributed by atoms with E-state index in [-0.39, 0.29) is 69.6 Å². The van der Waals surface area contributed by atoms with E-state index in [1.807, 2.05) is 45.2 Å². The maximum Gasteiger partial charge on any atom is 1.00 e. The van der Waals surface area contributed by atoms with Crippen molar-refractivity contribution in [2.75, 3.05) is 5.01 Å². The Morgan fingerprint density at radius 1 is 0.800 bits per heavy atom. The van der Waals surface area contributed by atoms with Gasteiger partial charge in [0, 0.05) is 12.8 Å². The number of hydrogen-bond acceptors (Lipinski definition) is 9. The van der Waals surface area contributed by atoms with Crippen LogP contribution in [-0.4, -0.2) is 47.3 Å². The molecule has 2 heterocycles. The molecule has 0 radical (unpaired) electrons. The molecule has 0 bridgehead atoms. The van der Waals surface area contributed by atoms with Gasteiger partial charge in [-0.25, -0.2) is 21.5 Å². The average Bonchev–Trinajstić information content (AvgIpc) is 3.35. The van der Waals surface area contributed by atoms with Gasteiger partial charge in [-0.05, 0) is 108 Å². The van der Waals surface area contributed by atoms with Crippen LogP contribution in [0.15, 0.2) is 98.1 Å². The molecule has 224 valence electrons. The molecule has 1 aliphatic heterocycles. The molecule has 0 fully saturated rings. The molecule has 1 amide bonds. The third kappa shape index (κ3) is 9.47. The summed E-state index contributed by atoms with van der Waals surface area (Å²) in [4.78, 5) is 25.1. The van der Waals surface area contributed by atoms with Gasteiger partial charge in [0.05, 0.1) is 38.0 Å². The van der Waals surface area contributed by atoms with Crippen LogP contribution < -0.4 is 69.7 Å². The molecule has 0 aliphatic carbocycles. The summed E-state index contributed by atoms with van der Waals surface area (Å²) in [6.07, 6.45) is 11.5. The SMILES string of the molecule is CC1=NN(c2ccc(S(=O)(=O)[O-])cc2[123I])C(=O)\C1=C/C=C/C=C/C=C/c1c(C)[nH]n(-c2ccc(S(=O)(=O)[O-])cc2[123I])c1=O.[Na+].[Na+]. The fourth-order valence-corrected chi connectivity index (χ4v) is 6.85. The molecule has 2 aromatic carbocycles. The first-order chi connectivity index (χ1) is 20.1. The number of nitrogens with zero attached hydrogens (tertiary/aromatic N) is 3. The molecule has 1 aromatic heterocycles. The number of carbonyl (C=O) groups excluding carboxylic acids is 1. The fraction of sp³-hybridized carbons (Fsp3) is 0.0741. The quantitative estimate of drug-likeness (QED) is 0.0884. The predicted octanol–water partition coefficient (Wildman–Crippen LogP) is -2.03. The van der Waals surface area contributed by atoms with Crippen LogP contribution >= 0.6 is 45.2 Å². The minimum Gasteiger partial charge on any atom is -0.744 e. The van der Waals surface area contributed by atoms with Crippen molar-refractivity contribution < 1.29 is 89.9 Å². The summed E-state index contributed by atoms with van der Waals surface area (Å²) in [5.74, 6) is -0.417. The van der Waals surface area contributed by atoms with E-state index in [0.29, 0.717) is 41.1 Å². The van der Waals surface area contributed by atoms with E-state index < -0.39 is 31.0 Å². The van der Waals surface area contributed by atoms with E-state index in [2.05, 4.69) is 10.2 Å². The van der Waals surface area contributed by atoms with Crippen molar-refractivity contribution in [1.29, 1.82) is 0 Å². The minimum atomic E-state index is -4.63. The second kappa shape index (κ2) is 16.3. The second-order valence-electron chi connectivity index (χ2n) is 8.94. The Balaban J connectivity index is 0.00000353. The van der Waals surface area contributed by atoms with Gasteiger partial charge in [-0.3, -0.25) is 14.7 Å². The largest absolute Gasteiger partial charge is 1.00 e. The van der Waals surface area contributed by atoms with E-state index in [1.165, 1.54) is 28.9 Å². The van der Waals surface area contributed by atoms with Crippen molar-refractivity contribution in [2.24, 2.45) is 5.10 Å². The van der Waals surface area contributed by atoms with Gasteiger partial charge in [0.2, 0.25) is 0 Å². The summed E-state index contributed by atoms with van der Waals surface area (Å²) in [6, 6.07) is 7.40. The number of aryl methyl sites for hydroxylation is 1. The van der Waals surface area contributed by atoms with E-state index in [1.54, 1.807) is 56.4 Å². The number of nitrogens with one attached hydrogen (secondary N) is 1. The molecule has 0 unspecified atom stereocenters. The summed E-state index contributed by atoms with van der Waals surface area (Å²) >= 11 is 3.69. The summed E-state index contributed by atoms with van der Waals surface area (Å²) in [7, 11) is -9.25. The van der Waals surface area contributed by atoms with Gasteiger partial charge in [0.15, 0.2) is 0 Å². The summed E-state index contributed by atoms with van der Waals surface area (Å²) < 4.78 is 69.7. The summed E-state index contributed by atoms with van der Waals surface area (Å²) in [5.41, 5.74) is 2.11. The topological polar surface area (TPSA) is 185 Å². The number of hydrazone groups is 1. The number of hydrogen-bond donors (Lipinski definition) is 1. The van der Waals surface area contributed by atoms with Crippen LogP contribution in [0.3, 0.4) is 0 Å². The van der Waals surface area contributed by atoms with Crippen LogP contribution in [-0.2, 0) is 25.0 Å². The Bertz CT molecular complexity index is 2080. The predicted molar refractivity (Wildman–Crippen MR) is 175 cm³/mol. The zero-order valence-electron chi connectivity index (χ0n) is 24.2. The number of amides is 1. The van der Waals surface area contributed by atoms with Crippen LogP contribution in [0.25, 0.3) is 11.8 Å². The van der Waals surface area contributed by atoms with Gasteiger partial charge < -0.3 is 9.11 Å². The Morgan fingerprint density at radius 3 is 1.84 bits per heavy atom. The van der Waals surface area contributed by atoms with Crippen molar-refractivity contribution in [2.45, 2.75) is 23.6 Å². The molecule has 1 N–H and O–H groups in total. The smallest absolute Gasteiger partial charge is 0.744 e. The molecule has 4 rings (SSSR count). The van der Waals surface area contributed by atoms with Crippen molar-refractivity contribution >= 4 is 88.8 Å². The van der Waals surface area contributed by atoms with Crippen molar-refractivity contribution in [3.63, 3.8) is 0 Å². The number of carbonyl (C=O) groups is 1. The Kier molecular flexibility index (Phi) is 14.5.